The molecule has 29 heavy (non-hydrogen) atoms. The highest BCUT2D eigenvalue weighted by Crippen LogP contribution is 2.77. The minimum absolute atomic E-state index is 0.164. The van der Waals surface area contributed by atoms with E-state index in [1.165, 1.54) is 6.42 Å². The molecule has 12 atom stereocenters. The zero-order valence-electron chi connectivity index (χ0n) is 17.1. The van der Waals surface area contributed by atoms with Crippen molar-refractivity contribution in [2.75, 3.05) is 0 Å². The van der Waals surface area contributed by atoms with Gasteiger partial charge in [-0.1, -0.05) is 12.2 Å². The molecule has 0 radical (unpaired) electrons. The van der Waals surface area contributed by atoms with Crippen LogP contribution in [0.1, 0.15) is 40.0 Å². The molecule has 0 aromatic carbocycles. The summed E-state index contributed by atoms with van der Waals surface area (Å²) in [5.41, 5.74) is -0.778. The number of carbonyl (C=O) groups excluding carboxylic acids is 1. The maximum absolute atomic E-state index is 14.1. The summed E-state index contributed by atoms with van der Waals surface area (Å²) in [6.07, 6.45) is 1.18. The molecule has 6 aliphatic carbocycles. The number of hydrogen-bond acceptors (Lipinski definition) is 3. The Kier molecular flexibility index (Phi) is 3.54. The van der Waals surface area contributed by atoms with Gasteiger partial charge in [0.2, 0.25) is 0 Å². The van der Waals surface area contributed by atoms with Gasteiger partial charge in [-0.05, 0) is 93.3 Å². The van der Waals surface area contributed by atoms with Crippen LogP contribution in [0.4, 0.5) is 18.0 Å². The fraction of sp³-hybridized carbons (Fsp3) is 0.870. The van der Waals surface area contributed by atoms with Crippen molar-refractivity contribution in [2.45, 2.75) is 57.9 Å². The van der Waals surface area contributed by atoms with Crippen molar-refractivity contribution in [1.82, 2.24) is 0 Å². The topological polar surface area (TPSA) is 35.5 Å². The van der Waals surface area contributed by atoms with Crippen LogP contribution in [0.25, 0.3) is 0 Å². The lowest BCUT2D eigenvalue weighted by atomic mass is 9.58. The Balaban J connectivity index is 1.30. The van der Waals surface area contributed by atoms with E-state index in [9.17, 15) is 18.0 Å². The zero-order valence-corrected chi connectivity index (χ0v) is 17.1. The number of halogens is 3. The van der Waals surface area contributed by atoms with E-state index in [1.807, 2.05) is 0 Å². The molecule has 6 aliphatic rings. The monoisotopic (exact) mass is 410 g/mol. The van der Waals surface area contributed by atoms with Crippen LogP contribution >= 0.6 is 0 Å². The number of carbonyl (C=O) groups is 1. The summed E-state index contributed by atoms with van der Waals surface area (Å²) in [7, 11) is 0. The number of alkyl halides is 3. The van der Waals surface area contributed by atoms with Crippen molar-refractivity contribution in [2.24, 2.45) is 65.1 Å². The minimum Gasteiger partial charge on any atom is -0.430 e. The van der Waals surface area contributed by atoms with Crippen molar-refractivity contribution in [3.8, 4) is 0 Å². The van der Waals surface area contributed by atoms with Crippen LogP contribution in [0.15, 0.2) is 12.2 Å². The third-order valence-corrected chi connectivity index (χ3v) is 9.32. The van der Waals surface area contributed by atoms with Crippen LogP contribution in [-0.4, -0.2) is 24.0 Å². The quantitative estimate of drug-likeness (QED) is 0.327. The normalized spacial score (nSPS) is 53.4. The van der Waals surface area contributed by atoms with Crippen molar-refractivity contribution < 1.29 is 27.4 Å². The number of rotatable bonds is 1. The summed E-state index contributed by atoms with van der Waals surface area (Å²) >= 11 is 0. The predicted molar refractivity (Wildman–Crippen MR) is 98.5 cm³/mol. The first-order valence-electron chi connectivity index (χ1n) is 11.2. The van der Waals surface area contributed by atoms with E-state index < -0.39 is 35.9 Å². The van der Waals surface area contributed by atoms with Crippen molar-refractivity contribution in [3.63, 3.8) is 0 Å². The Morgan fingerprint density at radius 3 is 1.93 bits per heavy atom. The Morgan fingerprint density at radius 1 is 0.828 bits per heavy atom. The van der Waals surface area contributed by atoms with E-state index in [-0.39, 0.29) is 11.8 Å². The zero-order chi connectivity index (χ0) is 20.5. The molecule has 160 valence electrons. The average Bonchev–Trinajstić information content (AvgIpc) is 3.35. The van der Waals surface area contributed by atoms with Gasteiger partial charge in [0.25, 0.3) is 0 Å². The highest BCUT2D eigenvalue weighted by atomic mass is 19.4. The molecule has 6 heteroatoms. The molecule has 6 bridgehead atoms. The highest BCUT2D eigenvalue weighted by molar-refractivity contribution is 5.61. The summed E-state index contributed by atoms with van der Waals surface area (Å²) in [6, 6.07) is 0. The molecule has 0 N–H and O–H groups in total. The predicted octanol–water partition coefficient (Wildman–Crippen LogP) is 5.46. The van der Waals surface area contributed by atoms with Crippen LogP contribution in [0.2, 0.25) is 0 Å². The number of fused-ring (bicyclic) bond motifs is 16. The summed E-state index contributed by atoms with van der Waals surface area (Å²) in [5, 5.41) is 0. The van der Waals surface area contributed by atoms with Gasteiger partial charge in [0.1, 0.15) is 11.7 Å². The molecule has 12 unspecified atom stereocenters. The Bertz CT molecular complexity index is 768. The molecule has 0 saturated heterocycles. The lowest BCUT2D eigenvalue weighted by Gasteiger charge is -2.48. The van der Waals surface area contributed by atoms with Gasteiger partial charge in [0.05, 0.1) is 5.92 Å². The van der Waals surface area contributed by atoms with E-state index >= 15 is 0 Å². The van der Waals surface area contributed by atoms with Crippen molar-refractivity contribution >= 4 is 6.16 Å². The third-order valence-electron chi connectivity index (χ3n) is 9.32. The summed E-state index contributed by atoms with van der Waals surface area (Å²) in [5.74, 6) is 1.82. The fourth-order valence-corrected chi connectivity index (χ4v) is 9.19. The molecule has 0 amide bonds. The molecule has 3 nitrogen and oxygen atoms in total. The smallest absolute Gasteiger partial charge is 0.430 e. The molecule has 0 aliphatic heterocycles. The van der Waals surface area contributed by atoms with E-state index in [0.29, 0.717) is 47.8 Å². The average molecular weight is 410 g/mol. The van der Waals surface area contributed by atoms with Crippen LogP contribution in [0.5, 0.6) is 0 Å². The second-order valence-electron chi connectivity index (χ2n) is 11.5. The molecule has 0 aromatic heterocycles. The van der Waals surface area contributed by atoms with E-state index in [2.05, 4.69) is 12.2 Å². The Labute approximate surface area is 169 Å². The van der Waals surface area contributed by atoms with Gasteiger partial charge < -0.3 is 9.47 Å². The molecule has 0 aromatic rings. The molecular formula is C23H29F3O3. The number of allylic oxidation sites excluding steroid dienone is 2. The fourth-order valence-electron chi connectivity index (χ4n) is 9.19. The summed E-state index contributed by atoms with van der Waals surface area (Å²) in [6.45, 7) is 5.10. The molecule has 5 saturated carbocycles. The number of ether oxygens (including phenoxy) is 2. The van der Waals surface area contributed by atoms with Crippen LogP contribution < -0.4 is 0 Å². The van der Waals surface area contributed by atoms with E-state index in [0.717, 1.165) is 6.42 Å². The first kappa shape index (κ1) is 18.6. The van der Waals surface area contributed by atoms with Crippen LogP contribution in [0.3, 0.4) is 0 Å². The largest absolute Gasteiger partial charge is 0.509 e. The molecule has 0 heterocycles. The van der Waals surface area contributed by atoms with Gasteiger partial charge in [0.15, 0.2) is 0 Å². The van der Waals surface area contributed by atoms with Gasteiger partial charge in [-0.15, -0.1) is 0 Å². The summed E-state index contributed by atoms with van der Waals surface area (Å²) < 4.78 is 53.1. The van der Waals surface area contributed by atoms with Crippen LogP contribution in [0, 0.1) is 65.1 Å². The summed E-state index contributed by atoms with van der Waals surface area (Å²) in [4.78, 5) is 12.3. The first-order chi connectivity index (χ1) is 13.5. The van der Waals surface area contributed by atoms with E-state index in [1.54, 1.807) is 20.8 Å². The molecular weight excluding hydrogens is 381 g/mol. The lowest BCUT2D eigenvalue weighted by molar-refractivity contribution is -0.229. The SMILES string of the molecule is CC(C)(C)OC(=O)OC1C2CC(C3C4CC(C5C6C=CC(C6)C45)C23)C1C(F)(F)F. The lowest BCUT2D eigenvalue weighted by Crippen LogP contribution is -2.51. The van der Waals surface area contributed by atoms with Crippen molar-refractivity contribution in [3.05, 3.63) is 12.2 Å². The standard InChI is InChI=1S/C23H29F3O3/c1-22(2,3)29-21(27)28-20-14-8-13(19(20)23(24,25)26)17-11-7-12(18(14)17)16-10-5-4-9(6-10)15(11)16/h4-5,9-20H,6-8H2,1-3H3. The van der Waals surface area contributed by atoms with Gasteiger partial charge in [0, 0.05) is 5.92 Å². The third kappa shape index (κ3) is 2.40. The molecule has 6 rings (SSSR count). The van der Waals surface area contributed by atoms with Crippen LogP contribution in [-0.2, 0) is 9.47 Å². The second kappa shape index (κ2) is 5.53. The van der Waals surface area contributed by atoms with Gasteiger partial charge in [-0.2, -0.15) is 13.2 Å². The first-order valence-corrected chi connectivity index (χ1v) is 11.2. The Hall–Kier alpha value is -1.20. The minimum atomic E-state index is -4.34. The van der Waals surface area contributed by atoms with Gasteiger partial charge in [-0.3, -0.25) is 0 Å². The molecule has 5 fully saturated rings. The van der Waals surface area contributed by atoms with Gasteiger partial charge in [-0.25, -0.2) is 4.79 Å². The maximum Gasteiger partial charge on any atom is 0.509 e. The maximum atomic E-state index is 14.1. The van der Waals surface area contributed by atoms with Crippen molar-refractivity contribution in [1.29, 1.82) is 0 Å². The number of hydrogen-bond donors (Lipinski definition) is 0. The van der Waals surface area contributed by atoms with Gasteiger partial charge >= 0.3 is 12.3 Å². The Morgan fingerprint density at radius 2 is 1.38 bits per heavy atom. The second-order valence-corrected chi connectivity index (χ2v) is 11.5. The highest BCUT2D eigenvalue weighted by Gasteiger charge is 2.76. The molecule has 0 spiro atoms. The van der Waals surface area contributed by atoms with E-state index in [4.69, 9.17) is 9.47 Å².